The second-order valence-electron chi connectivity index (χ2n) is 7.46. The van der Waals surface area contributed by atoms with Crippen LogP contribution in [0, 0.1) is 0 Å². The third-order valence-electron chi connectivity index (χ3n) is 5.58. The molecule has 2 aromatic rings. The van der Waals surface area contributed by atoms with Crippen molar-refractivity contribution in [2.75, 3.05) is 42.9 Å². The topological polar surface area (TPSA) is 90.6 Å². The van der Waals surface area contributed by atoms with E-state index in [0.717, 1.165) is 25.7 Å². The number of hydrogen-bond donors (Lipinski definition) is 2. The average molecular weight is 437 g/mol. The molecule has 1 saturated heterocycles. The molecule has 1 aromatic heterocycles. The Morgan fingerprint density at radius 2 is 1.87 bits per heavy atom. The van der Waals surface area contributed by atoms with Gasteiger partial charge in [0.1, 0.15) is 11.6 Å². The Morgan fingerprint density at radius 1 is 1.16 bits per heavy atom. The molecule has 1 aromatic carbocycles. The predicted molar refractivity (Wildman–Crippen MR) is 107 cm³/mol. The van der Waals surface area contributed by atoms with Crippen molar-refractivity contribution >= 4 is 17.7 Å². The number of rotatable bonds is 4. The minimum absolute atomic E-state index is 0.0692. The average Bonchev–Trinajstić information content (AvgIpc) is 2.72. The van der Waals surface area contributed by atoms with Gasteiger partial charge in [-0.2, -0.15) is 4.98 Å². The summed E-state index contributed by atoms with van der Waals surface area (Å²) in [6, 6.07) is 5.52. The second kappa shape index (κ2) is 8.22. The van der Waals surface area contributed by atoms with Crippen LogP contribution in [0.4, 0.5) is 24.9 Å². The van der Waals surface area contributed by atoms with Crippen molar-refractivity contribution in [2.24, 2.45) is 0 Å². The van der Waals surface area contributed by atoms with Gasteiger partial charge < -0.3 is 19.9 Å². The molecule has 0 radical (unpaired) electrons. The fraction of sp³-hybridized carbons (Fsp3) is 0.450. The molecule has 0 bridgehead atoms. The number of hydrogen-bond acceptors (Lipinski definition) is 6. The van der Waals surface area contributed by atoms with Crippen molar-refractivity contribution in [3.63, 3.8) is 0 Å². The largest absolute Gasteiger partial charge is 0.573 e. The Balaban J connectivity index is 1.71. The molecule has 8 nitrogen and oxygen atoms in total. The van der Waals surface area contributed by atoms with Gasteiger partial charge in [0.15, 0.2) is 0 Å². The maximum absolute atomic E-state index is 13.0. The Morgan fingerprint density at radius 3 is 2.55 bits per heavy atom. The summed E-state index contributed by atoms with van der Waals surface area (Å²) < 4.78 is 42.7. The third kappa shape index (κ3) is 4.50. The van der Waals surface area contributed by atoms with Crippen LogP contribution in [-0.4, -0.2) is 59.9 Å². The number of piperazine rings is 1. The molecule has 3 heterocycles. The number of alkyl halides is 3. The summed E-state index contributed by atoms with van der Waals surface area (Å²) in [5.41, 5.74) is -0.272. The van der Waals surface area contributed by atoms with E-state index in [9.17, 15) is 22.8 Å². The zero-order valence-electron chi connectivity index (χ0n) is 16.8. The van der Waals surface area contributed by atoms with E-state index in [0.29, 0.717) is 19.0 Å². The Hall–Kier alpha value is -3.08. The van der Waals surface area contributed by atoms with Gasteiger partial charge in [-0.25, -0.2) is 0 Å². The normalized spacial score (nSPS) is 19.7. The van der Waals surface area contributed by atoms with E-state index in [1.54, 1.807) is 0 Å². The first-order valence-electron chi connectivity index (χ1n) is 10.0. The molecule has 2 aliphatic rings. The number of nitrogens with one attached hydrogen (secondary N) is 2. The molecule has 1 unspecified atom stereocenters. The fourth-order valence-electron chi connectivity index (χ4n) is 4.04. The Kier molecular flexibility index (Phi) is 5.61. The number of ether oxygens (including phenoxy) is 1. The van der Waals surface area contributed by atoms with Gasteiger partial charge in [-0.3, -0.25) is 14.6 Å². The van der Waals surface area contributed by atoms with E-state index in [-0.39, 0.29) is 23.4 Å². The van der Waals surface area contributed by atoms with E-state index in [4.69, 9.17) is 0 Å². The highest BCUT2D eigenvalue weighted by molar-refractivity contribution is 5.94. The van der Waals surface area contributed by atoms with Gasteiger partial charge in [0, 0.05) is 44.1 Å². The summed E-state index contributed by atoms with van der Waals surface area (Å²) >= 11 is 0. The van der Waals surface area contributed by atoms with E-state index < -0.39 is 29.5 Å². The quantitative estimate of drug-likeness (QED) is 0.763. The van der Waals surface area contributed by atoms with Crippen LogP contribution in [0.3, 0.4) is 0 Å². The standard InChI is InChI=1S/C20H22F3N5O3/c1-2-27-7-9-28(10-8-27)19-25-17-16(18(30)26-19)13(11-15(29)24-17)12-5-3-4-6-14(12)31-20(21,22)23/h3-6,13H,2,7-11H2,1H3,(H2,24,25,26,29,30). The lowest BCUT2D eigenvalue weighted by molar-refractivity contribution is -0.274. The van der Waals surface area contributed by atoms with Crippen LogP contribution in [-0.2, 0) is 4.79 Å². The maximum atomic E-state index is 13.0. The first-order valence-corrected chi connectivity index (χ1v) is 10.0. The van der Waals surface area contributed by atoms with Crippen molar-refractivity contribution in [3.05, 3.63) is 45.7 Å². The highest BCUT2D eigenvalue weighted by Gasteiger charge is 2.37. The number of halogens is 3. The van der Waals surface area contributed by atoms with Crippen molar-refractivity contribution < 1.29 is 22.7 Å². The number of para-hydroxylation sites is 1. The molecule has 2 N–H and O–H groups in total. The number of anilines is 2. The number of likely N-dealkylation sites (N-methyl/N-ethyl adjacent to an activating group) is 1. The van der Waals surface area contributed by atoms with Gasteiger partial charge in [-0.1, -0.05) is 25.1 Å². The molecule has 2 aliphatic heterocycles. The van der Waals surface area contributed by atoms with E-state index >= 15 is 0 Å². The molecule has 166 valence electrons. The molecule has 1 atom stereocenters. The zero-order valence-corrected chi connectivity index (χ0v) is 16.8. The van der Waals surface area contributed by atoms with Crippen molar-refractivity contribution in [3.8, 4) is 5.75 Å². The van der Waals surface area contributed by atoms with E-state index in [1.807, 2.05) is 4.90 Å². The number of aromatic amines is 1. The third-order valence-corrected chi connectivity index (χ3v) is 5.58. The van der Waals surface area contributed by atoms with E-state index in [2.05, 4.69) is 31.8 Å². The van der Waals surface area contributed by atoms with Crippen molar-refractivity contribution in [1.82, 2.24) is 14.9 Å². The number of H-pyrrole nitrogens is 1. The van der Waals surface area contributed by atoms with E-state index in [1.165, 1.54) is 18.2 Å². The summed E-state index contributed by atoms with van der Waals surface area (Å²) in [5.74, 6) is -1.39. The second-order valence-corrected chi connectivity index (χ2v) is 7.46. The van der Waals surface area contributed by atoms with Crippen LogP contribution in [0.15, 0.2) is 29.1 Å². The molecule has 11 heteroatoms. The summed E-state index contributed by atoms with van der Waals surface area (Å²) in [6.45, 7) is 5.96. The number of carbonyl (C=O) groups is 1. The smallest absolute Gasteiger partial charge is 0.405 e. The summed E-state index contributed by atoms with van der Waals surface area (Å²) in [7, 11) is 0. The van der Waals surface area contributed by atoms with Crippen LogP contribution in [0.25, 0.3) is 0 Å². The maximum Gasteiger partial charge on any atom is 0.573 e. The highest BCUT2D eigenvalue weighted by atomic mass is 19.4. The van der Waals surface area contributed by atoms with Gasteiger partial charge >= 0.3 is 6.36 Å². The highest BCUT2D eigenvalue weighted by Crippen LogP contribution is 2.40. The van der Waals surface area contributed by atoms with Crippen LogP contribution >= 0.6 is 0 Å². The number of amides is 1. The minimum atomic E-state index is -4.90. The van der Waals surface area contributed by atoms with Gasteiger partial charge in [0.25, 0.3) is 5.56 Å². The van der Waals surface area contributed by atoms with Gasteiger partial charge in [0.2, 0.25) is 11.9 Å². The number of aromatic nitrogens is 2. The number of benzene rings is 1. The molecule has 0 spiro atoms. The molecular weight excluding hydrogens is 415 g/mol. The molecule has 4 rings (SSSR count). The number of nitrogens with zero attached hydrogens (tertiary/aromatic N) is 3. The lowest BCUT2D eigenvalue weighted by Crippen LogP contribution is -2.47. The Bertz CT molecular complexity index is 1030. The number of fused-ring (bicyclic) bond motifs is 1. The lowest BCUT2D eigenvalue weighted by atomic mass is 9.86. The van der Waals surface area contributed by atoms with Gasteiger partial charge in [-0.15, -0.1) is 13.2 Å². The minimum Gasteiger partial charge on any atom is -0.405 e. The first-order chi connectivity index (χ1) is 14.7. The Labute approximate surface area is 176 Å². The zero-order chi connectivity index (χ0) is 22.2. The van der Waals surface area contributed by atoms with Crippen molar-refractivity contribution in [2.45, 2.75) is 25.6 Å². The monoisotopic (exact) mass is 437 g/mol. The summed E-state index contributed by atoms with van der Waals surface area (Å²) in [4.78, 5) is 36.7. The fourth-order valence-corrected chi connectivity index (χ4v) is 4.04. The molecule has 0 aliphatic carbocycles. The van der Waals surface area contributed by atoms with Gasteiger partial charge in [-0.05, 0) is 12.6 Å². The van der Waals surface area contributed by atoms with Crippen LogP contribution < -0.4 is 20.5 Å². The number of carbonyl (C=O) groups excluding carboxylic acids is 1. The summed E-state index contributed by atoms with van der Waals surface area (Å²) in [5, 5.41) is 2.60. The van der Waals surface area contributed by atoms with Gasteiger partial charge in [0.05, 0.1) is 5.56 Å². The summed E-state index contributed by atoms with van der Waals surface area (Å²) in [6.07, 6.45) is -5.09. The van der Waals surface area contributed by atoms with Crippen LogP contribution in [0.5, 0.6) is 5.75 Å². The molecule has 1 fully saturated rings. The molecule has 0 saturated carbocycles. The molecule has 31 heavy (non-hydrogen) atoms. The van der Waals surface area contributed by atoms with Crippen LogP contribution in [0.2, 0.25) is 0 Å². The molecular formula is C20H22F3N5O3. The molecule has 1 amide bonds. The predicted octanol–water partition coefficient (Wildman–Crippen LogP) is 2.28. The first kappa shape index (κ1) is 21.2. The van der Waals surface area contributed by atoms with Crippen molar-refractivity contribution in [1.29, 1.82) is 0 Å². The lowest BCUT2D eigenvalue weighted by Gasteiger charge is -2.35. The SMILES string of the molecule is CCN1CCN(c2nc3c(c(=O)[nH]2)C(c2ccccc2OC(F)(F)F)CC(=O)N3)CC1. The van der Waals surface area contributed by atoms with Crippen LogP contribution in [0.1, 0.15) is 30.4 Å².